The van der Waals surface area contributed by atoms with E-state index in [0.717, 1.165) is 28.3 Å². The molecule has 0 saturated heterocycles. The summed E-state index contributed by atoms with van der Waals surface area (Å²) in [6.45, 7) is 9.90. The van der Waals surface area contributed by atoms with Crippen molar-refractivity contribution in [3.63, 3.8) is 0 Å². The summed E-state index contributed by atoms with van der Waals surface area (Å²) in [7, 11) is 0. The minimum Gasteiger partial charge on any atom is -0.490 e. The van der Waals surface area contributed by atoms with Crippen molar-refractivity contribution >= 4 is 16.9 Å². The molecule has 0 radical (unpaired) electrons. The third-order valence-corrected chi connectivity index (χ3v) is 5.88. The Labute approximate surface area is 171 Å². The molecule has 0 atom stereocenters. The molecule has 3 nitrogen and oxygen atoms in total. The Hall–Kier alpha value is -2.64. The zero-order chi connectivity index (χ0) is 20.1. The first-order valence-corrected chi connectivity index (χ1v) is 10.6. The van der Waals surface area contributed by atoms with Crippen LogP contribution in [0.2, 0.25) is 0 Å². The Morgan fingerprint density at radius 3 is 2.82 bits per heavy atom. The van der Waals surface area contributed by atoms with Crippen molar-refractivity contribution in [2.24, 2.45) is 0 Å². The number of aryl methyl sites for hydroxylation is 1. The molecule has 1 aliphatic carbocycles. The number of hydrogen-bond donors (Lipinski definition) is 0. The van der Waals surface area contributed by atoms with Gasteiger partial charge in [-0.2, -0.15) is 5.26 Å². The number of ether oxygens (including phenoxy) is 1. The summed E-state index contributed by atoms with van der Waals surface area (Å²) in [5.74, 6) is 0.576. The van der Waals surface area contributed by atoms with E-state index < -0.39 is 0 Å². The maximum absolute atomic E-state index is 9.55. The normalized spacial score (nSPS) is 14.5. The van der Waals surface area contributed by atoms with E-state index in [4.69, 9.17) is 4.74 Å². The maximum atomic E-state index is 9.55. The van der Waals surface area contributed by atoms with Gasteiger partial charge >= 0.3 is 0 Å². The van der Waals surface area contributed by atoms with Gasteiger partial charge < -0.3 is 4.74 Å². The molecule has 28 heavy (non-hydrogen) atoms. The van der Waals surface area contributed by atoms with Crippen molar-refractivity contribution in [2.45, 2.75) is 52.6 Å². The van der Waals surface area contributed by atoms with E-state index in [9.17, 15) is 5.26 Å². The van der Waals surface area contributed by atoms with Crippen LogP contribution in [0, 0.1) is 11.3 Å². The molecule has 2 aromatic rings. The van der Waals surface area contributed by atoms with Crippen molar-refractivity contribution in [1.29, 1.82) is 5.26 Å². The van der Waals surface area contributed by atoms with E-state index in [1.807, 2.05) is 33.0 Å². The van der Waals surface area contributed by atoms with Crippen LogP contribution in [0.15, 0.2) is 54.5 Å². The van der Waals surface area contributed by atoms with E-state index in [0.29, 0.717) is 11.3 Å². The lowest BCUT2D eigenvalue weighted by molar-refractivity contribution is 0.155. The van der Waals surface area contributed by atoms with E-state index >= 15 is 0 Å². The van der Waals surface area contributed by atoms with Gasteiger partial charge in [-0.25, -0.2) is 4.98 Å². The summed E-state index contributed by atoms with van der Waals surface area (Å²) in [6, 6.07) is 8.80. The van der Waals surface area contributed by atoms with Crippen LogP contribution in [-0.2, 0) is 17.6 Å². The van der Waals surface area contributed by atoms with Gasteiger partial charge in [-0.05, 0) is 75.3 Å². The Morgan fingerprint density at radius 1 is 1.32 bits per heavy atom. The summed E-state index contributed by atoms with van der Waals surface area (Å²) in [5, 5.41) is 10.4. The van der Waals surface area contributed by atoms with Crippen LogP contribution in [0.1, 0.15) is 49.7 Å². The fourth-order valence-corrected chi connectivity index (χ4v) is 4.41. The maximum Gasteiger partial charge on any atom is 0.133 e. The van der Waals surface area contributed by atoms with E-state index in [1.54, 1.807) is 17.4 Å². The average molecular weight is 391 g/mol. The lowest BCUT2D eigenvalue weighted by Crippen LogP contribution is -2.04. The Kier molecular flexibility index (Phi) is 6.49. The topological polar surface area (TPSA) is 45.9 Å². The number of rotatable bonds is 6. The van der Waals surface area contributed by atoms with Gasteiger partial charge in [0.1, 0.15) is 16.8 Å². The van der Waals surface area contributed by atoms with E-state index in [-0.39, 0.29) is 6.10 Å². The lowest BCUT2D eigenvalue weighted by atomic mass is 9.88. The molecule has 0 unspecified atom stereocenters. The molecule has 0 fully saturated rings. The monoisotopic (exact) mass is 390 g/mol. The summed E-state index contributed by atoms with van der Waals surface area (Å²) < 4.78 is 5.74. The van der Waals surface area contributed by atoms with Crippen LogP contribution in [0.3, 0.4) is 0 Å². The highest BCUT2D eigenvalue weighted by Crippen LogP contribution is 2.36. The predicted octanol–water partition coefficient (Wildman–Crippen LogP) is 6.48. The summed E-state index contributed by atoms with van der Waals surface area (Å²) in [4.78, 5) is 5.74. The van der Waals surface area contributed by atoms with Gasteiger partial charge in [-0.1, -0.05) is 24.8 Å². The highest BCUT2D eigenvalue weighted by Gasteiger charge is 2.16. The second-order valence-corrected chi connectivity index (χ2v) is 8.23. The summed E-state index contributed by atoms with van der Waals surface area (Å²) in [5.41, 5.74) is 5.41. The third kappa shape index (κ3) is 4.43. The molecule has 1 aliphatic rings. The molecule has 1 heterocycles. The van der Waals surface area contributed by atoms with Gasteiger partial charge in [0.2, 0.25) is 0 Å². The second kappa shape index (κ2) is 9.03. The van der Waals surface area contributed by atoms with Crippen molar-refractivity contribution in [3.8, 4) is 16.5 Å². The number of aromatic nitrogens is 1. The van der Waals surface area contributed by atoms with Gasteiger partial charge in [0.05, 0.1) is 16.6 Å². The number of thiazole rings is 1. The molecular weight excluding hydrogens is 364 g/mol. The van der Waals surface area contributed by atoms with Crippen LogP contribution < -0.4 is 0 Å². The Balaban J connectivity index is 1.88. The Morgan fingerprint density at radius 2 is 2.11 bits per heavy atom. The molecule has 4 heteroatoms. The minimum atomic E-state index is 0.00642. The molecule has 0 spiro atoms. The van der Waals surface area contributed by atoms with Gasteiger partial charge in [-0.3, -0.25) is 0 Å². The molecule has 0 saturated carbocycles. The van der Waals surface area contributed by atoms with Crippen LogP contribution in [0.25, 0.3) is 16.0 Å². The highest BCUT2D eigenvalue weighted by atomic mass is 32.1. The third-order valence-electron chi connectivity index (χ3n) is 4.77. The zero-order valence-electron chi connectivity index (χ0n) is 16.8. The van der Waals surface area contributed by atoms with Crippen molar-refractivity contribution in [2.75, 3.05) is 0 Å². The summed E-state index contributed by atoms with van der Waals surface area (Å²) >= 11 is 1.63. The molecular formula is C24H26N2OS. The van der Waals surface area contributed by atoms with Gasteiger partial charge in [0.15, 0.2) is 0 Å². The number of nitrogens with zero attached hydrogens (tertiary/aromatic N) is 2. The van der Waals surface area contributed by atoms with E-state index in [1.165, 1.54) is 29.5 Å². The molecule has 0 amide bonds. The smallest absolute Gasteiger partial charge is 0.133 e. The lowest BCUT2D eigenvalue weighted by Gasteiger charge is -2.18. The van der Waals surface area contributed by atoms with Crippen molar-refractivity contribution in [1.82, 2.24) is 4.98 Å². The number of nitriles is 1. The second-order valence-electron chi connectivity index (χ2n) is 7.19. The van der Waals surface area contributed by atoms with E-state index in [2.05, 4.69) is 35.8 Å². The quantitative estimate of drug-likeness (QED) is 0.322. The van der Waals surface area contributed by atoms with Crippen LogP contribution in [0.4, 0.5) is 0 Å². The highest BCUT2D eigenvalue weighted by molar-refractivity contribution is 7.16. The molecule has 0 N–H and O–H groups in total. The first-order chi connectivity index (χ1) is 13.5. The SMILES string of the molecule is C=C(/C=C(C#N)\C(=C/C)OC(C)C)c1ncc(-c2cccc3c2CCCC3)s1. The number of hydrogen-bond acceptors (Lipinski definition) is 4. The van der Waals surface area contributed by atoms with Crippen LogP contribution >= 0.6 is 11.3 Å². The number of allylic oxidation sites excluding steroid dienone is 4. The standard InChI is InChI=1S/C24H26N2OS/c1-5-22(27-16(2)3)19(14-25)13-17(4)24-26-15-23(28-24)21-12-8-10-18-9-6-7-11-20(18)21/h5,8,10,12-13,15-16H,4,6-7,9,11H2,1-3H3/b19-13-,22-5+. The van der Waals surface area contributed by atoms with Gasteiger partial charge in [0, 0.05) is 11.8 Å². The Bertz CT molecular complexity index is 973. The average Bonchev–Trinajstić information content (AvgIpc) is 3.20. The van der Waals surface area contributed by atoms with Crippen LogP contribution in [-0.4, -0.2) is 11.1 Å². The van der Waals surface area contributed by atoms with Gasteiger partial charge in [-0.15, -0.1) is 11.3 Å². The largest absolute Gasteiger partial charge is 0.490 e. The first kappa shape index (κ1) is 20.1. The number of benzene rings is 1. The van der Waals surface area contributed by atoms with Crippen molar-refractivity contribution in [3.05, 3.63) is 70.6 Å². The molecule has 1 aromatic heterocycles. The zero-order valence-corrected chi connectivity index (χ0v) is 17.6. The van der Waals surface area contributed by atoms with Crippen LogP contribution in [0.5, 0.6) is 0 Å². The fraction of sp³-hybridized carbons (Fsp3) is 0.333. The summed E-state index contributed by atoms with van der Waals surface area (Å²) in [6.07, 6.45) is 10.3. The van der Waals surface area contributed by atoms with Crippen molar-refractivity contribution < 1.29 is 4.74 Å². The molecule has 3 rings (SSSR count). The number of fused-ring (bicyclic) bond motifs is 1. The minimum absolute atomic E-state index is 0.00642. The predicted molar refractivity (Wildman–Crippen MR) is 117 cm³/mol. The fourth-order valence-electron chi connectivity index (χ4n) is 3.49. The molecule has 1 aromatic carbocycles. The first-order valence-electron chi connectivity index (χ1n) is 9.74. The molecule has 0 aliphatic heterocycles. The molecule has 144 valence electrons. The molecule has 0 bridgehead atoms. The van der Waals surface area contributed by atoms with Gasteiger partial charge in [0.25, 0.3) is 0 Å².